The third-order valence-electron chi connectivity index (χ3n) is 3.68. The van der Waals surface area contributed by atoms with Crippen molar-refractivity contribution >= 4 is 11.9 Å². The molecule has 19 heavy (non-hydrogen) atoms. The van der Waals surface area contributed by atoms with Gasteiger partial charge in [-0.3, -0.25) is 14.7 Å². The van der Waals surface area contributed by atoms with Crippen molar-refractivity contribution in [2.24, 2.45) is 5.41 Å². The normalized spacial score (nSPS) is 17.9. The van der Waals surface area contributed by atoms with Gasteiger partial charge in [0, 0.05) is 6.42 Å². The summed E-state index contributed by atoms with van der Waals surface area (Å²) >= 11 is 0. The molecule has 1 aliphatic carbocycles. The van der Waals surface area contributed by atoms with E-state index in [0.717, 1.165) is 19.3 Å². The minimum absolute atomic E-state index is 0.0382. The fourth-order valence-electron chi connectivity index (χ4n) is 2.56. The largest absolute Gasteiger partial charge is 0.481 e. The first-order valence-corrected chi connectivity index (χ1v) is 6.47. The van der Waals surface area contributed by atoms with Crippen molar-refractivity contribution in [2.45, 2.75) is 45.1 Å². The number of amides is 1. The number of aromatic amines is 1. The number of carbonyl (C=O) groups is 2. The summed E-state index contributed by atoms with van der Waals surface area (Å²) in [4.78, 5) is 27.2. The van der Waals surface area contributed by atoms with Gasteiger partial charge in [0.1, 0.15) is 12.2 Å². The lowest BCUT2D eigenvalue weighted by Crippen LogP contribution is -2.39. The van der Waals surface area contributed by atoms with E-state index in [1.807, 2.05) is 0 Å². The van der Waals surface area contributed by atoms with Crippen LogP contribution in [0.4, 0.5) is 0 Å². The summed E-state index contributed by atoms with van der Waals surface area (Å²) in [5.41, 5.74) is -0.885. The predicted molar refractivity (Wildman–Crippen MR) is 66.0 cm³/mol. The van der Waals surface area contributed by atoms with Gasteiger partial charge >= 0.3 is 5.97 Å². The quantitative estimate of drug-likeness (QED) is 0.732. The number of rotatable bonds is 5. The second-order valence-corrected chi connectivity index (χ2v) is 5.03. The molecule has 1 amide bonds. The maximum Gasteiger partial charge on any atom is 0.310 e. The van der Waals surface area contributed by atoms with E-state index in [1.54, 1.807) is 0 Å². The van der Waals surface area contributed by atoms with Crippen LogP contribution >= 0.6 is 0 Å². The van der Waals surface area contributed by atoms with Crippen molar-refractivity contribution in [1.82, 2.24) is 20.5 Å². The first kappa shape index (κ1) is 13.5. The summed E-state index contributed by atoms with van der Waals surface area (Å²) in [7, 11) is 0. The average molecular weight is 266 g/mol. The standard InChI is InChI=1S/C12H18N4O3/c17-10(13-7-9-14-8-15-16-9)6-12(11(18)19)4-2-1-3-5-12/h8H,1-7H2,(H,13,17)(H,18,19)(H,14,15,16). The number of carboxylic acid groups (broad SMARTS) is 1. The molecule has 3 N–H and O–H groups in total. The van der Waals surface area contributed by atoms with Gasteiger partial charge in [0.15, 0.2) is 0 Å². The second kappa shape index (κ2) is 5.81. The Labute approximate surface area is 110 Å². The molecular formula is C12H18N4O3. The highest BCUT2D eigenvalue weighted by Gasteiger charge is 2.41. The van der Waals surface area contributed by atoms with Crippen LogP contribution < -0.4 is 5.32 Å². The van der Waals surface area contributed by atoms with E-state index in [2.05, 4.69) is 20.5 Å². The van der Waals surface area contributed by atoms with Gasteiger partial charge in [-0.05, 0) is 12.8 Å². The monoisotopic (exact) mass is 266 g/mol. The van der Waals surface area contributed by atoms with Crippen LogP contribution in [0, 0.1) is 5.41 Å². The van der Waals surface area contributed by atoms with Gasteiger partial charge in [-0.25, -0.2) is 4.98 Å². The molecule has 0 aliphatic heterocycles. The van der Waals surface area contributed by atoms with Crippen LogP contribution in [-0.4, -0.2) is 32.2 Å². The molecule has 1 fully saturated rings. The van der Waals surface area contributed by atoms with Crippen molar-refractivity contribution in [3.8, 4) is 0 Å². The van der Waals surface area contributed by atoms with E-state index in [0.29, 0.717) is 18.7 Å². The van der Waals surface area contributed by atoms with Crippen LogP contribution in [-0.2, 0) is 16.1 Å². The first-order chi connectivity index (χ1) is 9.12. The predicted octanol–water partition coefficient (Wildman–Crippen LogP) is 0.846. The molecule has 7 heteroatoms. The summed E-state index contributed by atoms with van der Waals surface area (Å²) in [6, 6.07) is 0. The Bertz CT molecular complexity index is 438. The number of hydrogen-bond acceptors (Lipinski definition) is 4. The van der Waals surface area contributed by atoms with Crippen LogP contribution in [0.25, 0.3) is 0 Å². The Hall–Kier alpha value is -1.92. The fraction of sp³-hybridized carbons (Fsp3) is 0.667. The highest BCUT2D eigenvalue weighted by molar-refractivity contribution is 5.85. The Morgan fingerprint density at radius 3 is 2.68 bits per heavy atom. The van der Waals surface area contributed by atoms with Crippen LogP contribution in [0.3, 0.4) is 0 Å². The maximum absolute atomic E-state index is 11.9. The number of carbonyl (C=O) groups excluding carboxylic acids is 1. The Balaban J connectivity index is 1.90. The molecule has 0 atom stereocenters. The van der Waals surface area contributed by atoms with Gasteiger partial charge in [-0.2, -0.15) is 5.10 Å². The molecule has 7 nitrogen and oxygen atoms in total. The molecule has 1 heterocycles. The molecule has 1 saturated carbocycles. The van der Waals surface area contributed by atoms with Crippen LogP contribution in [0.2, 0.25) is 0 Å². The number of carboxylic acids is 1. The Morgan fingerprint density at radius 1 is 1.37 bits per heavy atom. The molecule has 104 valence electrons. The van der Waals surface area contributed by atoms with Crippen molar-refractivity contribution in [1.29, 1.82) is 0 Å². The summed E-state index contributed by atoms with van der Waals surface area (Å²) in [5, 5.41) is 18.4. The molecule has 0 saturated heterocycles. The second-order valence-electron chi connectivity index (χ2n) is 5.03. The molecule has 1 aromatic heterocycles. The molecular weight excluding hydrogens is 248 g/mol. The summed E-state index contributed by atoms with van der Waals surface area (Å²) in [6.07, 6.45) is 5.37. The van der Waals surface area contributed by atoms with E-state index in [4.69, 9.17) is 0 Å². The highest BCUT2D eigenvalue weighted by Crippen LogP contribution is 2.39. The summed E-state index contributed by atoms with van der Waals surface area (Å²) in [6.45, 7) is 0.245. The average Bonchev–Trinajstić information content (AvgIpc) is 2.90. The molecule has 0 spiro atoms. The number of aromatic nitrogens is 3. The fourth-order valence-corrected chi connectivity index (χ4v) is 2.56. The Kier molecular flexibility index (Phi) is 4.13. The molecule has 0 bridgehead atoms. The van der Waals surface area contributed by atoms with Crippen LogP contribution in [0.1, 0.15) is 44.3 Å². The van der Waals surface area contributed by atoms with Crippen molar-refractivity contribution < 1.29 is 14.7 Å². The van der Waals surface area contributed by atoms with Gasteiger partial charge in [0.2, 0.25) is 5.91 Å². The highest BCUT2D eigenvalue weighted by atomic mass is 16.4. The zero-order valence-corrected chi connectivity index (χ0v) is 10.7. The zero-order chi connectivity index (χ0) is 13.7. The van der Waals surface area contributed by atoms with E-state index in [1.165, 1.54) is 6.33 Å². The van der Waals surface area contributed by atoms with Crippen molar-refractivity contribution in [2.75, 3.05) is 0 Å². The number of H-pyrrole nitrogens is 1. The minimum atomic E-state index is -0.885. The molecule has 2 rings (SSSR count). The lowest BCUT2D eigenvalue weighted by atomic mass is 9.71. The van der Waals surface area contributed by atoms with Gasteiger partial charge in [-0.15, -0.1) is 0 Å². The van der Waals surface area contributed by atoms with E-state index < -0.39 is 11.4 Å². The Morgan fingerprint density at radius 2 is 2.11 bits per heavy atom. The summed E-state index contributed by atoms with van der Waals surface area (Å²) < 4.78 is 0. The van der Waals surface area contributed by atoms with Crippen molar-refractivity contribution in [3.63, 3.8) is 0 Å². The van der Waals surface area contributed by atoms with E-state index in [9.17, 15) is 14.7 Å². The lowest BCUT2D eigenvalue weighted by Gasteiger charge is -2.32. The van der Waals surface area contributed by atoms with Gasteiger partial charge in [-0.1, -0.05) is 19.3 Å². The van der Waals surface area contributed by atoms with E-state index >= 15 is 0 Å². The third kappa shape index (κ3) is 3.30. The smallest absolute Gasteiger partial charge is 0.310 e. The van der Waals surface area contributed by atoms with Crippen molar-refractivity contribution in [3.05, 3.63) is 12.2 Å². The number of hydrogen-bond donors (Lipinski definition) is 3. The molecule has 1 aromatic rings. The molecule has 0 unspecified atom stereocenters. The van der Waals surface area contributed by atoms with E-state index in [-0.39, 0.29) is 18.9 Å². The number of nitrogens with zero attached hydrogens (tertiary/aromatic N) is 2. The molecule has 0 aromatic carbocycles. The van der Waals surface area contributed by atoms with Gasteiger partial charge < -0.3 is 10.4 Å². The minimum Gasteiger partial charge on any atom is -0.481 e. The summed E-state index contributed by atoms with van der Waals surface area (Å²) in [5.74, 6) is -0.552. The van der Waals surface area contributed by atoms with Crippen LogP contribution in [0.15, 0.2) is 6.33 Å². The van der Waals surface area contributed by atoms with Gasteiger partial charge in [0.05, 0.1) is 12.0 Å². The maximum atomic E-state index is 11.9. The zero-order valence-electron chi connectivity index (χ0n) is 10.7. The third-order valence-corrected chi connectivity index (χ3v) is 3.68. The van der Waals surface area contributed by atoms with Gasteiger partial charge in [0.25, 0.3) is 0 Å². The number of nitrogens with one attached hydrogen (secondary N) is 2. The molecule has 1 aliphatic rings. The number of aliphatic carboxylic acids is 1. The molecule has 0 radical (unpaired) electrons. The topological polar surface area (TPSA) is 108 Å². The lowest BCUT2D eigenvalue weighted by molar-refractivity contribution is -0.154. The first-order valence-electron chi connectivity index (χ1n) is 6.47. The van der Waals surface area contributed by atoms with Crippen LogP contribution in [0.5, 0.6) is 0 Å². The SMILES string of the molecule is O=C(CC1(C(=O)O)CCCCC1)NCc1ncn[nH]1.